The van der Waals surface area contributed by atoms with Gasteiger partial charge in [-0.1, -0.05) is 48.0 Å². The van der Waals surface area contributed by atoms with Gasteiger partial charge in [0.25, 0.3) is 5.91 Å². The van der Waals surface area contributed by atoms with Gasteiger partial charge in [0.1, 0.15) is 0 Å². The van der Waals surface area contributed by atoms with Crippen molar-refractivity contribution < 1.29 is 9.90 Å². The fourth-order valence-corrected chi connectivity index (χ4v) is 3.47. The Bertz CT molecular complexity index is 700. The Labute approximate surface area is 153 Å². The second-order valence-corrected chi connectivity index (χ2v) is 6.86. The zero-order valence-corrected chi connectivity index (χ0v) is 14.8. The number of aliphatic hydroxyl groups is 1. The highest BCUT2D eigenvalue weighted by atomic mass is 35.5. The van der Waals surface area contributed by atoms with Gasteiger partial charge < -0.3 is 15.3 Å². The molecule has 2 N–H and O–H groups in total. The molecule has 4 nitrogen and oxygen atoms in total. The highest BCUT2D eigenvalue weighted by molar-refractivity contribution is 6.31. The number of aliphatic hydroxyl groups excluding tert-OH is 1. The molecular formula is C20H23ClN2O2. The van der Waals surface area contributed by atoms with Crippen molar-refractivity contribution in [2.45, 2.75) is 25.0 Å². The molecule has 1 amide bonds. The van der Waals surface area contributed by atoms with Crippen LogP contribution in [0.25, 0.3) is 0 Å². The summed E-state index contributed by atoms with van der Waals surface area (Å²) in [5.74, 6) is -0.0184. The van der Waals surface area contributed by atoms with Gasteiger partial charge in [-0.25, -0.2) is 0 Å². The van der Waals surface area contributed by atoms with Crippen molar-refractivity contribution in [3.8, 4) is 0 Å². The Kier molecular flexibility index (Phi) is 6.08. The van der Waals surface area contributed by atoms with Crippen molar-refractivity contribution in [2.75, 3.05) is 19.6 Å². The summed E-state index contributed by atoms with van der Waals surface area (Å²) in [5.41, 5.74) is 1.46. The number of hydrogen-bond acceptors (Lipinski definition) is 3. The number of β-amino-alcohol motifs (C(OH)–C–C–N with tert-alkyl or cyclic N) is 1. The van der Waals surface area contributed by atoms with Crippen LogP contribution in [0.2, 0.25) is 5.02 Å². The number of carbonyl (C=O) groups is 1. The third-order valence-electron chi connectivity index (χ3n) is 4.65. The molecule has 0 bridgehead atoms. The standard InChI is InChI=1S/C20H23ClN2O2/c21-18-9-5-4-8-17(18)19(24)14-23-12-10-16(11-13-23)22-20(25)15-6-2-1-3-7-15/h1-9,16,19,24H,10-14H2,(H,22,25). The molecule has 1 saturated heterocycles. The third kappa shape index (κ3) is 4.82. The highest BCUT2D eigenvalue weighted by Crippen LogP contribution is 2.24. The molecule has 1 aliphatic heterocycles. The summed E-state index contributed by atoms with van der Waals surface area (Å²) in [6.07, 6.45) is 1.17. The fraction of sp³-hybridized carbons (Fsp3) is 0.350. The smallest absolute Gasteiger partial charge is 0.251 e. The molecule has 1 aliphatic rings. The molecule has 25 heavy (non-hydrogen) atoms. The van der Waals surface area contributed by atoms with E-state index in [-0.39, 0.29) is 11.9 Å². The first-order valence-corrected chi connectivity index (χ1v) is 9.02. The average Bonchev–Trinajstić information content (AvgIpc) is 2.64. The summed E-state index contributed by atoms with van der Waals surface area (Å²) in [4.78, 5) is 14.4. The summed E-state index contributed by atoms with van der Waals surface area (Å²) in [6, 6.07) is 16.9. The lowest BCUT2D eigenvalue weighted by molar-refractivity contribution is 0.0828. The zero-order valence-electron chi connectivity index (χ0n) is 14.1. The molecule has 2 aromatic carbocycles. The molecule has 132 valence electrons. The minimum atomic E-state index is -0.593. The Morgan fingerprint density at radius 1 is 1.12 bits per heavy atom. The summed E-state index contributed by atoms with van der Waals surface area (Å²) in [5, 5.41) is 14.1. The van der Waals surface area contributed by atoms with Crippen LogP contribution in [0, 0.1) is 0 Å². The largest absolute Gasteiger partial charge is 0.387 e. The van der Waals surface area contributed by atoms with Gasteiger partial charge in [0.2, 0.25) is 0 Å². The maximum Gasteiger partial charge on any atom is 0.251 e. The number of benzene rings is 2. The lowest BCUT2D eigenvalue weighted by Crippen LogP contribution is -2.45. The molecule has 0 radical (unpaired) electrons. The second-order valence-electron chi connectivity index (χ2n) is 6.45. The number of hydrogen-bond donors (Lipinski definition) is 2. The van der Waals surface area contributed by atoms with E-state index >= 15 is 0 Å². The number of nitrogens with zero attached hydrogens (tertiary/aromatic N) is 1. The molecule has 2 aromatic rings. The van der Waals surface area contributed by atoms with Crippen LogP contribution in [0.3, 0.4) is 0 Å². The lowest BCUT2D eigenvalue weighted by atomic mass is 10.0. The third-order valence-corrected chi connectivity index (χ3v) is 5.00. The van der Waals surface area contributed by atoms with Crippen LogP contribution in [0.1, 0.15) is 34.9 Å². The molecule has 5 heteroatoms. The van der Waals surface area contributed by atoms with E-state index in [2.05, 4.69) is 10.2 Å². The molecule has 1 heterocycles. The van der Waals surface area contributed by atoms with Crippen molar-refractivity contribution in [1.29, 1.82) is 0 Å². The molecule has 1 unspecified atom stereocenters. The number of rotatable bonds is 5. The van der Waals surface area contributed by atoms with E-state index in [0.717, 1.165) is 31.5 Å². The van der Waals surface area contributed by atoms with Crippen LogP contribution in [-0.4, -0.2) is 41.6 Å². The van der Waals surface area contributed by atoms with E-state index in [1.54, 1.807) is 6.07 Å². The van der Waals surface area contributed by atoms with Crippen LogP contribution >= 0.6 is 11.6 Å². The quantitative estimate of drug-likeness (QED) is 0.862. The maximum absolute atomic E-state index is 12.2. The van der Waals surface area contributed by atoms with Gasteiger partial charge >= 0.3 is 0 Å². The second kappa shape index (κ2) is 8.48. The molecular weight excluding hydrogens is 336 g/mol. The number of amides is 1. The molecule has 3 rings (SSSR count). The van der Waals surface area contributed by atoms with Gasteiger partial charge in [-0.3, -0.25) is 4.79 Å². The fourth-order valence-electron chi connectivity index (χ4n) is 3.21. The topological polar surface area (TPSA) is 52.6 Å². The number of likely N-dealkylation sites (tertiary alicyclic amines) is 1. The Balaban J connectivity index is 1.47. The number of carbonyl (C=O) groups excluding carboxylic acids is 1. The summed E-state index contributed by atoms with van der Waals surface area (Å²) in [7, 11) is 0. The van der Waals surface area contributed by atoms with Crippen molar-refractivity contribution in [3.63, 3.8) is 0 Å². The number of halogens is 1. The first kappa shape index (κ1) is 17.9. The normalized spacial score (nSPS) is 17.2. The van der Waals surface area contributed by atoms with Crippen LogP contribution in [0.5, 0.6) is 0 Å². The van der Waals surface area contributed by atoms with Gasteiger partial charge in [0, 0.05) is 41.8 Å². The van der Waals surface area contributed by atoms with Gasteiger partial charge in [-0.15, -0.1) is 0 Å². The van der Waals surface area contributed by atoms with Gasteiger partial charge in [0.15, 0.2) is 0 Å². The predicted octanol–water partition coefficient (Wildman–Crippen LogP) is 3.27. The Morgan fingerprint density at radius 3 is 2.44 bits per heavy atom. The SMILES string of the molecule is O=C(NC1CCN(CC(O)c2ccccc2Cl)CC1)c1ccccc1. The van der Waals surface area contributed by atoms with Crippen molar-refractivity contribution in [1.82, 2.24) is 10.2 Å². The zero-order chi connectivity index (χ0) is 17.6. The molecule has 1 atom stereocenters. The van der Waals surface area contributed by atoms with Crippen LogP contribution in [0.4, 0.5) is 0 Å². The monoisotopic (exact) mass is 358 g/mol. The Morgan fingerprint density at radius 2 is 1.76 bits per heavy atom. The van der Waals surface area contributed by atoms with E-state index < -0.39 is 6.10 Å². The predicted molar refractivity (Wildman–Crippen MR) is 99.8 cm³/mol. The van der Waals surface area contributed by atoms with Gasteiger partial charge in [-0.2, -0.15) is 0 Å². The molecule has 0 aliphatic carbocycles. The molecule has 0 aromatic heterocycles. The van der Waals surface area contributed by atoms with Crippen molar-refractivity contribution in [3.05, 3.63) is 70.7 Å². The van der Waals surface area contributed by atoms with Crippen LogP contribution in [0.15, 0.2) is 54.6 Å². The van der Waals surface area contributed by atoms with Gasteiger partial charge in [-0.05, 0) is 31.0 Å². The minimum Gasteiger partial charge on any atom is -0.387 e. The molecule has 0 saturated carbocycles. The first-order chi connectivity index (χ1) is 12.1. The summed E-state index contributed by atoms with van der Waals surface area (Å²) >= 11 is 6.15. The van der Waals surface area contributed by atoms with Gasteiger partial charge in [0.05, 0.1) is 6.10 Å². The van der Waals surface area contributed by atoms with Crippen LogP contribution in [-0.2, 0) is 0 Å². The van der Waals surface area contributed by atoms with E-state index in [0.29, 0.717) is 17.1 Å². The molecule has 0 spiro atoms. The number of nitrogens with one attached hydrogen (secondary N) is 1. The van der Waals surface area contributed by atoms with Crippen LogP contribution < -0.4 is 5.32 Å². The van der Waals surface area contributed by atoms with Crippen molar-refractivity contribution >= 4 is 17.5 Å². The molecule has 1 fully saturated rings. The minimum absolute atomic E-state index is 0.0184. The van der Waals surface area contributed by atoms with E-state index in [1.807, 2.05) is 48.5 Å². The first-order valence-electron chi connectivity index (χ1n) is 8.64. The van der Waals surface area contributed by atoms with E-state index in [9.17, 15) is 9.90 Å². The Hall–Kier alpha value is -1.88. The summed E-state index contributed by atoms with van der Waals surface area (Å²) < 4.78 is 0. The maximum atomic E-state index is 12.2. The average molecular weight is 359 g/mol. The van der Waals surface area contributed by atoms with Crippen molar-refractivity contribution in [2.24, 2.45) is 0 Å². The van der Waals surface area contributed by atoms with E-state index in [4.69, 9.17) is 11.6 Å². The summed E-state index contributed by atoms with van der Waals surface area (Å²) in [6.45, 7) is 2.26. The van der Waals surface area contributed by atoms with E-state index in [1.165, 1.54) is 0 Å². The lowest BCUT2D eigenvalue weighted by Gasteiger charge is -2.33. The number of piperidine rings is 1. The highest BCUT2D eigenvalue weighted by Gasteiger charge is 2.23.